The second-order valence-electron chi connectivity index (χ2n) is 8.76. The number of hydrogen-bond acceptors (Lipinski definition) is 7. The van der Waals surface area contributed by atoms with Crippen molar-refractivity contribution >= 4 is 21.7 Å². The standard InChI is InChI=1S/C27H28NO7S/c1-17(2)15-34-22-10-12-24(25(29)14-22)26(30)23-11-9-21(13-18(23)3)35-16-19-5-7-20(8-6-19)27(31)28-36(4,32)33/h5-12,14,17,29H,15-16H2,1-4H3,(H,28,31). The Morgan fingerprint density at radius 1 is 1.00 bits per heavy atom. The van der Waals surface area contributed by atoms with Gasteiger partial charge in [-0.1, -0.05) is 26.0 Å². The third-order valence-corrected chi connectivity index (χ3v) is 5.60. The number of sulfonamides is 1. The van der Waals surface area contributed by atoms with Crippen LogP contribution in [0.25, 0.3) is 0 Å². The molecule has 3 aromatic carbocycles. The number of ketones is 1. The summed E-state index contributed by atoms with van der Waals surface area (Å²) >= 11 is 0. The summed E-state index contributed by atoms with van der Waals surface area (Å²) in [6.45, 7) is 6.45. The fourth-order valence-corrected chi connectivity index (χ4v) is 3.70. The Bertz CT molecular complexity index is 1360. The molecule has 36 heavy (non-hydrogen) atoms. The van der Waals surface area contributed by atoms with E-state index in [0.29, 0.717) is 35.2 Å². The zero-order valence-corrected chi connectivity index (χ0v) is 21.3. The highest BCUT2D eigenvalue weighted by molar-refractivity contribution is 7.89. The van der Waals surface area contributed by atoms with Crippen molar-refractivity contribution in [2.24, 2.45) is 5.92 Å². The number of phenolic OH excluding ortho intramolecular Hbond substituents is 1. The Labute approximate surface area is 210 Å². The molecule has 9 heteroatoms. The van der Waals surface area contributed by atoms with Gasteiger partial charge in [-0.05, 0) is 60.4 Å². The summed E-state index contributed by atoms with van der Waals surface area (Å²) in [5, 5.41) is 10.4. The highest BCUT2D eigenvalue weighted by atomic mass is 32.2. The van der Waals surface area contributed by atoms with Gasteiger partial charge in [-0.2, -0.15) is 0 Å². The maximum absolute atomic E-state index is 13.0. The molecule has 0 heterocycles. The van der Waals surface area contributed by atoms with Gasteiger partial charge in [-0.25, -0.2) is 13.1 Å². The van der Waals surface area contributed by atoms with Crippen LogP contribution >= 0.6 is 0 Å². The van der Waals surface area contributed by atoms with Crippen LogP contribution in [0.1, 0.15) is 51.3 Å². The van der Waals surface area contributed by atoms with Crippen molar-refractivity contribution in [1.29, 1.82) is 0 Å². The van der Waals surface area contributed by atoms with E-state index in [4.69, 9.17) is 9.47 Å². The highest BCUT2D eigenvalue weighted by Crippen LogP contribution is 2.28. The summed E-state index contributed by atoms with van der Waals surface area (Å²) < 4.78 is 35.6. The summed E-state index contributed by atoms with van der Waals surface area (Å²) in [5.41, 5.74) is 2.07. The van der Waals surface area contributed by atoms with Crippen molar-refractivity contribution in [3.8, 4) is 17.2 Å². The fourth-order valence-electron chi connectivity index (χ4n) is 3.25. The van der Waals surface area contributed by atoms with Gasteiger partial charge in [0.2, 0.25) is 10.0 Å². The van der Waals surface area contributed by atoms with Gasteiger partial charge in [0, 0.05) is 23.3 Å². The molecule has 8 nitrogen and oxygen atoms in total. The molecule has 1 amide bonds. The minimum atomic E-state index is -3.64. The normalized spacial score (nSPS) is 11.2. The number of benzene rings is 3. The maximum atomic E-state index is 13.0. The number of amides is 1. The topological polar surface area (TPSA) is 119 Å². The van der Waals surface area contributed by atoms with Gasteiger partial charge in [-0.3, -0.25) is 9.59 Å². The Morgan fingerprint density at radius 2 is 1.67 bits per heavy atom. The third kappa shape index (κ3) is 7.32. The Hall–Kier alpha value is -3.85. The Morgan fingerprint density at radius 3 is 2.25 bits per heavy atom. The van der Waals surface area contributed by atoms with E-state index in [0.717, 1.165) is 11.8 Å². The summed E-state index contributed by atoms with van der Waals surface area (Å²) in [5.74, 6) is 0.0392. The zero-order valence-electron chi connectivity index (χ0n) is 20.5. The average molecular weight is 511 g/mol. The van der Waals surface area contributed by atoms with Crippen molar-refractivity contribution in [3.63, 3.8) is 0 Å². The zero-order chi connectivity index (χ0) is 26.5. The lowest BCUT2D eigenvalue weighted by Crippen LogP contribution is -2.29. The molecule has 0 aromatic heterocycles. The molecule has 2 N–H and O–H groups in total. The molecule has 0 aliphatic carbocycles. The number of carbonyl (C=O) groups excluding carboxylic acids is 2. The summed E-state index contributed by atoms with van der Waals surface area (Å²) in [7, 11) is -3.64. The van der Waals surface area contributed by atoms with E-state index in [1.54, 1.807) is 37.3 Å². The van der Waals surface area contributed by atoms with Gasteiger partial charge < -0.3 is 14.6 Å². The molecule has 0 bridgehead atoms. The molecule has 3 aromatic rings. The molecule has 0 atom stereocenters. The van der Waals surface area contributed by atoms with Crippen molar-refractivity contribution in [2.75, 3.05) is 12.9 Å². The van der Waals surface area contributed by atoms with Crippen molar-refractivity contribution in [3.05, 3.63) is 88.5 Å². The minimum Gasteiger partial charge on any atom is -0.507 e. The average Bonchev–Trinajstić information content (AvgIpc) is 2.80. The summed E-state index contributed by atoms with van der Waals surface area (Å²) in [6.07, 6.45) is 0.909. The molecule has 0 fully saturated rings. The van der Waals surface area contributed by atoms with Crippen LogP contribution in [-0.2, 0) is 16.6 Å². The first kappa shape index (κ1) is 26.7. The van der Waals surface area contributed by atoms with Crippen LogP contribution < -0.4 is 14.2 Å². The largest absolute Gasteiger partial charge is 0.507 e. The van der Waals surface area contributed by atoms with E-state index >= 15 is 0 Å². The van der Waals surface area contributed by atoms with Gasteiger partial charge in [0.15, 0.2) is 5.78 Å². The molecule has 0 saturated heterocycles. The molecular formula is C27H28NO7S. The van der Waals surface area contributed by atoms with E-state index in [2.05, 4.69) is 6.07 Å². The molecule has 0 aliphatic heterocycles. The minimum absolute atomic E-state index is 0.158. The van der Waals surface area contributed by atoms with Crippen molar-refractivity contribution < 1.29 is 32.6 Å². The first-order valence-corrected chi connectivity index (χ1v) is 13.1. The monoisotopic (exact) mass is 510 g/mol. The van der Waals surface area contributed by atoms with Gasteiger partial charge in [0.05, 0.1) is 18.4 Å². The molecule has 1 radical (unpaired) electrons. The van der Waals surface area contributed by atoms with Gasteiger partial charge in [-0.15, -0.1) is 0 Å². The number of aromatic hydroxyl groups is 1. The van der Waals surface area contributed by atoms with Crippen LogP contribution in [-0.4, -0.2) is 38.1 Å². The van der Waals surface area contributed by atoms with Crippen molar-refractivity contribution in [1.82, 2.24) is 4.72 Å². The lowest BCUT2D eigenvalue weighted by molar-refractivity contribution is 0.0980. The SMILES string of the molecule is Cc1[c]c(OCc2ccc(C(=O)NS(C)(=O)=O)cc2)ccc1C(=O)c1ccc(OCC(C)C)cc1O. The third-order valence-electron chi connectivity index (χ3n) is 5.05. The van der Waals surface area contributed by atoms with Crippen LogP contribution in [0.15, 0.2) is 54.6 Å². The van der Waals surface area contributed by atoms with E-state index in [1.165, 1.54) is 24.3 Å². The summed E-state index contributed by atoms with van der Waals surface area (Å²) in [4.78, 5) is 24.9. The molecular weight excluding hydrogens is 482 g/mol. The fraction of sp³-hybridized carbons (Fsp3) is 0.259. The Balaban J connectivity index is 1.65. The Kier molecular flexibility index (Phi) is 8.37. The van der Waals surface area contributed by atoms with Crippen LogP contribution in [0.5, 0.6) is 17.2 Å². The number of aryl methyl sites for hydroxylation is 1. The first-order chi connectivity index (χ1) is 16.9. The smallest absolute Gasteiger partial charge is 0.264 e. The van der Waals surface area contributed by atoms with Gasteiger partial charge in [0.25, 0.3) is 5.91 Å². The number of rotatable bonds is 10. The van der Waals surface area contributed by atoms with Crippen LogP contribution in [0.2, 0.25) is 0 Å². The summed E-state index contributed by atoms with van der Waals surface area (Å²) in [6, 6.07) is 17.2. The van der Waals surface area contributed by atoms with Gasteiger partial charge in [0.1, 0.15) is 23.9 Å². The van der Waals surface area contributed by atoms with Crippen molar-refractivity contribution in [2.45, 2.75) is 27.4 Å². The second-order valence-corrected chi connectivity index (χ2v) is 10.5. The molecule has 0 saturated carbocycles. The lowest BCUT2D eigenvalue weighted by atomic mass is 9.98. The van der Waals surface area contributed by atoms with E-state index in [9.17, 15) is 23.1 Å². The van der Waals surface area contributed by atoms with E-state index in [-0.39, 0.29) is 29.3 Å². The van der Waals surface area contributed by atoms with Gasteiger partial charge >= 0.3 is 0 Å². The predicted octanol–water partition coefficient (Wildman–Crippen LogP) is 4.04. The number of carbonyl (C=O) groups is 2. The molecule has 0 aliphatic rings. The molecule has 0 unspecified atom stereocenters. The molecule has 0 spiro atoms. The quantitative estimate of drug-likeness (QED) is 0.395. The second kappa shape index (κ2) is 11.3. The predicted molar refractivity (Wildman–Crippen MR) is 135 cm³/mol. The molecule has 189 valence electrons. The van der Waals surface area contributed by atoms with E-state index < -0.39 is 15.9 Å². The lowest BCUT2D eigenvalue weighted by Gasteiger charge is -2.12. The number of nitrogens with one attached hydrogen (secondary N) is 1. The number of ether oxygens (including phenoxy) is 2. The maximum Gasteiger partial charge on any atom is 0.264 e. The van der Waals surface area contributed by atoms with Crippen LogP contribution in [0.4, 0.5) is 0 Å². The highest BCUT2D eigenvalue weighted by Gasteiger charge is 2.17. The van der Waals surface area contributed by atoms with Crippen LogP contribution in [0, 0.1) is 18.9 Å². The first-order valence-electron chi connectivity index (χ1n) is 11.2. The number of hydrogen-bond donors (Lipinski definition) is 2. The number of phenols is 1. The van der Waals surface area contributed by atoms with Crippen LogP contribution in [0.3, 0.4) is 0 Å². The molecule has 3 rings (SSSR count). The van der Waals surface area contributed by atoms with E-state index in [1.807, 2.05) is 18.6 Å².